The van der Waals surface area contributed by atoms with Gasteiger partial charge in [-0.3, -0.25) is 19.2 Å². The van der Waals surface area contributed by atoms with E-state index >= 15 is 0 Å². The van der Waals surface area contributed by atoms with E-state index in [9.17, 15) is 29.1 Å². The Morgan fingerprint density at radius 2 is 1.37 bits per heavy atom. The molecule has 0 radical (unpaired) electrons. The highest BCUT2D eigenvalue weighted by molar-refractivity contribution is 5.96. The lowest BCUT2D eigenvalue weighted by Crippen LogP contribution is -2.57. The molecule has 4 N–H and O–H groups in total. The van der Waals surface area contributed by atoms with Crippen LogP contribution < -0.4 is 11.1 Å². The van der Waals surface area contributed by atoms with Crippen LogP contribution in [0.3, 0.4) is 0 Å². The van der Waals surface area contributed by atoms with Gasteiger partial charge in [0.15, 0.2) is 0 Å². The van der Waals surface area contributed by atoms with Gasteiger partial charge in [-0.05, 0) is 56.4 Å². The molecule has 1 aromatic rings. The number of carboxylic acid groups (broad SMARTS) is 1. The Morgan fingerprint density at radius 1 is 0.854 bits per heavy atom. The Balaban J connectivity index is 1.42. The van der Waals surface area contributed by atoms with Crippen LogP contribution in [0.25, 0.3) is 0 Å². The number of likely N-dealkylation sites (tertiary alicyclic amines) is 3. The first-order valence-corrected chi connectivity index (χ1v) is 14.8. The van der Waals surface area contributed by atoms with Crippen molar-refractivity contribution in [1.82, 2.24) is 20.0 Å². The number of carboxylic acids is 1. The molecule has 1 aromatic carbocycles. The molecule has 4 amide bonds. The highest BCUT2D eigenvalue weighted by Crippen LogP contribution is 2.29. The molecule has 3 heterocycles. The van der Waals surface area contributed by atoms with Gasteiger partial charge in [0.05, 0.1) is 6.04 Å². The van der Waals surface area contributed by atoms with E-state index in [-0.39, 0.29) is 30.1 Å². The van der Waals surface area contributed by atoms with E-state index in [4.69, 9.17) is 5.73 Å². The number of benzene rings is 1. The van der Waals surface area contributed by atoms with Crippen LogP contribution in [-0.4, -0.2) is 99.2 Å². The third-order valence-electron chi connectivity index (χ3n) is 8.42. The van der Waals surface area contributed by atoms with Crippen LogP contribution in [0.4, 0.5) is 0 Å². The maximum atomic E-state index is 13.8. The Bertz CT molecular complexity index is 1130. The van der Waals surface area contributed by atoms with Crippen molar-refractivity contribution in [2.24, 2.45) is 11.7 Å². The van der Waals surface area contributed by atoms with Crippen molar-refractivity contribution in [2.75, 3.05) is 19.6 Å². The molecule has 5 atom stereocenters. The molecule has 0 bridgehead atoms. The second-order valence-corrected chi connectivity index (χ2v) is 11.9. The van der Waals surface area contributed by atoms with Gasteiger partial charge in [0.25, 0.3) is 0 Å². The highest BCUT2D eigenvalue weighted by atomic mass is 16.4. The lowest BCUT2D eigenvalue weighted by Gasteiger charge is -2.34. The van der Waals surface area contributed by atoms with Gasteiger partial charge in [-0.2, -0.15) is 0 Å². The Morgan fingerprint density at radius 3 is 1.93 bits per heavy atom. The SMILES string of the molecule is CC(C)C[C@H](N)C(=O)N1CCC[C@H]1C(=O)N1CCC[C@H]1C(=O)N1CCC[C@H]1C(=O)N[C@@H](Cc1ccccc1)C(=O)O. The number of nitrogens with zero attached hydrogens (tertiary/aromatic N) is 3. The number of carbonyl (C=O) groups excluding carboxylic acids is 4. The molecular formula is C30H43N5O6. The zero-order valence-electron chi connectivity index (χ0n) is 24.0. The largest absolute Gasteiger partial charge is 0.480 e. The lowest BCUT2D eigenvalue weighted by molar-refractivity contribution is -0.151. The molecule has 0 aliphatic carbocycles. The number of carbonyl (C=O) groups is 5. The van der Waals surface area contributed by atoms with Crippen molar-refractivity contribution in [1.29, 1.82) is 0 Å². The zero-order chi connectivity index (χ0) is 29.7. The molecule has 0 spiro atoms. The standard InChI is InChI=1S/C30H43N5O6/c1-19(2)17-21(31)27(37)34-15-7-12-24(34)29(39)35-16-8-13-25(35)28(38)33-14-6-11-23(33)26(36)32-22(30(40)41)18-20-9-4-3-5-10-20/h3-5,9-10,19,21-25H,6-8,11-18,31H2,1-2H3,(H,32,36)(H,40,41)/t21-,22-,23-,24-,25-/m0/s1. The number of rotatable bonds is 10. The van der Waals surface area contributed by atoms with Gasteiger partial charge in [-0.25, -0.2) is 4.79 Å². The topological polar surface area (TPSA) is 153 Å². The highest BCUT2D eigenvalue weighted by Gasteiger charge is 2.46. The number of hydrogen-bond acceptors (Lipinski definition) is 6. The lowest BCUT2D eigenvalue weighted by atomic mass is 10.0. The molecular weight excluding hydrogens is 526 g/mol. The minimum atomic E-state index is -1.14. The number of hydrogen-bond donors (Lipinski definition) is 3. The van der Waals surface area contributed by atoms with Crippen molar-refractivity contribution < 1.29 is 29.1 Å². The van der Waals surface area contributed by atoms with Crippen LogP contribution in [0.1, 0.15) is 64.4 Å². The fourth-order valence-corrected chi connectivity index (χ4v) is 6.40. The number of aliphatic carboxylic acids is 1. The summed E-state index contributed by atoms with van der Waals surface area (Å²) in [5.41, 5.74) is 6.94. The van der Waals surface area contributed by atoms with Crippen molar-refractivity contribution in [3.63, 3.8) is 0 Å². The van der Waals surface area contributed by atoms with Crippen LogP contribution in [-0.2, 0) is 30.4 Å². The average Bonchev–Trinajstić information content (AvgIpc) is 3.72. The van der Waals surface area contributed by atoms with Gasteiger partial charge in [0.2, 0.25) is 23.6 Å². The Labute approximate surface area is 241 Å². The zero-order valence-corrected chi connectivity index (χ0v) is 24.0. The third-order valence-corrected chi connectivity index (χ3v) is 8.42. The number of nitrogens with one attached hydrogen (secondary N) is 1. The second-order valence-electron chi connectivity index (χ2n) is 11.9. The van der Waals surface area contributed by atoms with E-state index in [1.54, 1.807) is 21.9 Å². The molecule has 3 aliphatic heterocycles. The molecule has 224 valence electrons. The van der Waals surface area contributed by atoms with Gasteiger partial charge in [-0.1, -0.05) is 44.2 Å². The molecule has 11 nitrogen and oxygen atoms in total. The van der Waals surface area contributed by atoms with Gasteiger partial charge in [0, 0.05) is 26.1 Å². The van der Waals surface area contributed by atoms with E-state index in [1.165, 1.54) is 4.90 Å². The molecule has 3 aliphatic rings. The molecule has 3 fully saturated rings. The molecule has 11 heteroatoms. The van der Waals surface area contributed by atoms with E-state index < -0.39 is 42.1 Å². The summed E-state index contributed by atoms with van der Waals surface area (Å²) in [4.78, 5) is 70.4. The summed E-state index contributed by atoms with van der Waals surface area (Å²) < 4.78 is 0. The van der Waals surface area contributed by atoms with Gasteiger partial charge in [0.1, 0.15) is 24.2 Å². The summed E-state index contributed by atoms with van der Waals surface area (Å²) in [5.74, 6) is -2.15. The van der Waals surface area contributed by atoms with Crippen molar-refractivity contribution in [2.45, 2.75) is 95.4 Å². The predicted molar refractivity (Wildman–Crippen MR) is 151 cm³/mol. The Hall–Kier alpha value is -3.47. The Kier molecular flexibility index (Phi) is 10.0. The molecule has 3 saturated heterocycles. The molecule has 0 aromatic heterocycles. The quantitative estimate of drug-likeness (QED) is 0.382. The van der Waals surface area contributed by atoms with Gasteiger partial charge < -0.3 is 30.9 Å². The molecule has 0 unspecified atom stereocenters. The van der Waals surface area contributed by atoms with Crippen LogP contribution in [0, 0.1) is 5.92 Å². The van der Waals surface area contributed by atoms with E-state index in [0.29, 0.717) is 64.6 Å². The first kappa shape index (κ1) is 30.5. The van der Waals surface area contributed by atoms with Crippen molar-refractivity contribution in [3.8, 4) is 0 Å². The van der Waals surface area contributed by atoms with E-state index in [1.807, 2.05) is 32.0 Å². The average molecular weight is 570 g/mol. The van der Waals surface area contributed by atoms with Gasteiger partial charge >= 0.3 is 5.97 Å². The monoisotopic (exact) mass is 569 g/mol. The van der Waals surface area contributed by atoms with Crippen LogP contribution in [0.5, 0.6) is 0 Å². The fourth-order valence-electron chi connectivity index (χ4n) is 6.40. The molecule has 4 rings (SSSR count). The van der Waals surface area contributed by atoms with Crippen LogP contribution in [0.15, 0.2) is 30.3 Å². The minimum Gasteiger partial charge on any atom is -0.480 e. The molecule has 0 saturated carbocycles. The van der Waals surface area contributed by atoms with Crippen LogP contribution >= 0.6 is 0 Å². The van der Waals surface area contributed by atoms with Crippen LogP contribution in [0.2, 0.25) is 0 Å². The summed E-state index contributed by atoms with van der Waals surface area (Å²) in [6, 6.07) is 5.12. The van der Waals surface area contributed by atoms with Gasteiger partial charge in [-0.15, -0.1) is 0 Å². The first-order chi connectivity index (χ1) is 19.6. The summed E-state index contributed by atoms with van der Waals surface area (Å²) >= 11 is 0. The smallest absolute Gasteiger partial charge is 0.326 e. The maximum absolute atomic E-state index is 13.8. The third kappa shape index (κ3) is 7.06. The number of nitrogens with two attached hydrogens (primary N) is 1. The summed E-state index contributed by atoms with van der Waals surface area (Å²) in [6.45, 7) is 5.24. The van der Waals surface area contributed by atoms with E-state index in [2.05, 4.69) is 5.32 Å². The minimum absolute atomic E-state index is 0.130. The number of amides is 4. The fraction of sp³-hybridized carbons (Fsp3) is 0.633. The maximum Gasteiger partial charge on any atom is 0.326 e. The van der Waals surface area contributed by atoms with Crippen molar-refractivity contribution in [3.05, 3.63) is 35.9 Å². The second kappa shape index (κ2) is 13.5. The predicted octanol–water partition coefficient (Wildman–Crippen LogP) is 1.14. The van der Waals surface area contributed by atoms with Crippen molar-refractivity contribution >= 4 is 29.6 Å². The summed E-state index contributed by atoms with van der Waals surface area (Å²) in [6.07, 6.45) is 4.06. The normalized spacial score (nSPS) is 24.0. The first-order valence-electron chi connectivity index (χ1n) is 14.8. The summed E-state index contributed by atoms with van der Waals surface area (Å²) in [7, 11) is 0. The summed E-state index contributed by atoms with van der Waals surface area (Å²) in [5, 5.41) is 12.4. The van der Waals surface area contributed by atoms with E-state index in [0.717, 1.165) is 5.56 Å². The molecule has 41 heavy (non-hydrogen) atoms.